The molecule has 0 aliphatic carbocycles. The number of thiazole rings is 1. The lowest BCUT2D eigenvalue weighted by molar-refractivity contribution is -0.117. The average Bonchev–Trinajstić information content (AvgIpc) is 2.94. The zero-order valence-corrected chi connectivity index (χ0v) is 16.0. The molecule has 7 heteroatoms. The summed E-state index contributed by atoms with van der Waals surface area (Å²) >= 11 is 1.38. The fourth-order valence-electron chi connectivity index (χ4n) is 2.29. The molecule has 1 heterocycles. The Kier molecular flexibility index (Phi) is 7.66. The van der Waals surface area contributed by atoms with E-state index in [2.05, 4.69) is 10.3 Å². The second-order valence-corrected chi connectivity index (χ2v) is 6.83. The molecule has 0 fully saturated rings. The number of nitrogens with one attached hydrogen (secondary N) is 1. The molecule has 1 atom stereocenters. The molecule has 1 aromatic heterocycles. The first-order valence-electron chi connectivity index (χ1n) is 7.57. The Bertz CT molecular complexity index is 688. The summed E-state index contributed by atoms with van der Waals surface area (Å²) in [5.41, 5.74) is 8.71. The number of methoxy groups -OCH3 is 1. The van der Waals surface area contributed by atoms with Crippen molar-refractivity contribution in [2.45, 2.75) is 33.2 Å². The van der Waals surface area contributed by atoms with Crippen LogP contribution in [0.2, 0.25) is 0 Å². The number of anilines is 1. The zero-order chi connectivity index (χ0) is 17.0. The lowest BCUT2D eigenvalue weighted by Crippen LogP contribution is -2.36. The van der Waals surface area contributed by atoms with E-state index in [-0.39, 0.29) is 18.3 Å². The van der Waals surface area contributed by atoms with Crippen molar-refractivity contribution in [1.29, 1.82) is 0 Å². The summed E-state index contributed by atoms with van der Waals surface area (Å²) in [6, 6.07) is 5.41. The fourth-order valence-corrected chi connectivity index (χ4v) is 3.00. The number of aromatic nitrogens is 1. The van der Waals surface area contributed by atoms with Crippen LogP contribution < -0.4 is 15.8 Å². The summed E-state index contributed by atoms with van der Waals surface area (Å²) < 4.78 is 5.38. The highest BCUT2D eigenvalue weighted by molar-refractivity contribution is 7.14. The average molecular weight is 370 g/mol. The van der Waals surface area contributed by atoms with Gasteiger partial charge in [-0.1, -0.05) is 25.5 Å². The van der Waals surface area contributed by atoms with Gasteiger partial charge in [-0.15, -0.1) is 23.7 Å². The van der Waals surface area contributed by atoms with E-state index in [9.17, 15) is 4.79 Å². The van der Waals surface area contributed by atoms with Crippen LogP contribution in [0, 0.1) is 12.8 Å². The Labute approximate surface area is 153 Å². The van der Waals surface area contributed by atoms with Crippen LogP contribution in [0.3, 0.4) is 0 Å². The van der Waals surface area contributed by atoms with Gasteiger partial charge in [0.1, 0.15) is 5.75 Å². The Balaban J connectivity index is 0.00000288. The molecule has 0 unspecified atom stereocenters. The molecule has 0 radical (unpaired) electrons. The van der Waals surface area contributed by atoms with Gasteiger partial charge in [0.15, 0.2) is 5.13 Å². The van der Waals surface area contributed by atoms with Crippen molar-refractivity contribution in [2.75, 3.05) is 12.4 Å². The Morgan fingerprint density at radius 2 is 2.12 bits per heavy atom. The molecular formula is C17H24ClN3O2S. The quantitative estimate of drug-likeness (QED) is 0.810. The Hall–Kier alpha value is -1.63. The third kappa shape index (κ3) is 5.19. The van der Waals surface area contributed by atoms with Gasteiger partial charge in [0, 0.05) is 10.9 Å². The molecule has 0 spiro atoms. The molecular weight excluding hydrogens is 346 g/mol. The van der Waals surface area contributed by atoms with Crippen molar-refractivity contribution in [3.63, 3.8) is 0 Å². The number of halogens is 1. The van der Waals surface area contributed by atoms with Gasteiger partial charge in [0.25, 0.3) is 0 Å². The number of amides is 1. The minimum atomic E-state index is -0.518. The van der Waals surface area contributed by atoms with E-state index >= 15 is 0 Å². The van der Waals surface area contributed by atoms with Crippen LogP contribution in [0.15, 0.2) is 23.6 Å². The number of hydrogen-bond acceptors (Lipinski definition) is 5. The molecule has 0 saturated carbocycles. The minimum Gasteiger partial charge on any atom is -0.496 e. The standard InChI is InChI=1S/C17H23N3O2S.ClH/c1-10(2)7-13(18)16(21)20-17-19-14(9-23-17)12-8-11(3)5-6-15(12)22-4;/h5-6,8-10,13H,7,18H2,1-4H3,(H,19,20,21);1H/t13-;/m0./s1. The number of ether oxygens (including phenoxy) is 1. The lowest BCUT2D eigenvalue weighted by atomic mass is 10.0. The van der Waals surface area contributed by atoms with Gasteiger partial charge in [-0.2, -0.15) is 0 Å². The Morgan fingerprint density at radius 3 is 2.75 bits per heavy atom. The molecule has 0 aliphatic heterocycles. The number of nitrogens with zero attached hydrogens (tertiary/aromatic N) is 1. The number of hydrogen-bond donors (Lipinski definition) is 2. The predicted octanol–water partition coefficient (Wildman–Crippen LogP) is 3.86. The third-order valence-electron chi connectivity index (χ3n) is 3.43. The van der Waals surface area contributed by atoms with Gasteiger partial charge in [-0.3, -0.25) is 4.79 Å². The largest absolute Gasteiger partial charge is 0.496 e. The predicted molar refractivity (Wildman–Crippen MR) is 102 cm³/mol. The van der Waals surface area contributed by atoms with Crippen LogP contribution in [0.5, 0.6) is 5.75 Å². The Morgan fingerprint density at radius 1 is 1.42 bits per heavy atom. The maximum Gasteiger partial charge on any atom is 0.243 e. The SMILES string of the molecule is COc1ccc(C)cc1-c1csc(NC(=O)[C@@H](N)CC(C)C)n1.Cl. The normalized spacial score (nSPS) is 11.8. The second-order valence-electron chi connectivity index (χ2n) is 5.97. The molecule has 1 amide bonds. The molecule has 0 bridgehead atoms. The minimum absolute atomic E-state index is 0. The molecule has 5 nitrogen and oxygen atoms in total. The molecule has 0 saturated heterocycles. The first-order valence-corrected chi connectivity index (χ1v) is 8.45. The van der Waals surface area contributed by atoms with E-state index in [1.807, 2.05) is 44.4 Å². The molecule has 2 aromatic rings. The van der Waals surface area contributed by atoms with E-state index in [0.29, 0.717) is 17.5 Å². The highest BCUT2D eigenvalue weighted by Crippen LogP contribution is 2.33. The molecule has 132 valence electrons. The van der Waals surface area contributed by atoms with Crippen molar-refractivity contribution in [3.8, 4) is 17.0 Å². The van der Waals surface area contributed by atoms with Crippen LogP contribution in [0.1, 0.15) is 25.8 Å². The lowest BCUT2D eigenvalue weighted by Gasteiger charge is -2.12. The molecule has 0 aliphatic rings. The number of nitrogens with two attached hydrogens (primary N) is 1. The summed E-state index contributed by atoms with van der Waals surface area (Å²) in [4.78, 5) is 16.6. The van der Waals surface area contributed by atoms with E-state index in [4.69, 9.17) is 10.5 Å². The van der Waals surface area contributed by atoms with Gasteiger partial charge < -0.3 is 15.8 Å². The van der Waals surface area contributed by atoms with Crippen molar-refractivity contribution >= 4 is 34.8 Å². The first kappa shape index (κ1) is 20.4. The van der Waals surface area contributed by atoms with Crippen molar-refractivity contribution < 1.29 is 9.53 Å². The van der Waals surface area contributed by atoms with Crippen molar-refractivity contribution in [1.82, 2.24) is 4.98 Å². The highest BCUT2D eigenvalue weighted by Gasteiger charge is 2.17. The van der Waals surface area contributed by atoms with E-state index in [1.54, 1.807) is 7.11 Å². The maximum absolute atomic E-state index is 12.1. The summed E-state index contributed by atoms with van der Waals surface area (Å²) in [7, 11) is 1.63. The summed E-state index contributed by atoms with van der Waals surface area (Å²) in [5.74, 6) is 0.935. The van der Waals surface area contributed by atoms with Crippen LogP contribution in [0.25, 0.3) is 11.3 Å². The van der Waals surface area contributed by atoms with Gasteiger partial charge in [-0.05, 0) is 31.4 Å². The maximum atomic E-state index is 12.1. The number of carbonyl (C=O) groups is 1. The summed E-state index contributed by atoms with van der Waals surface area (Å²) in [5, 5.41) is 5.24. The van der Waals surface area contributed by atoms with E-state index < -0.39 is 6.04 Å². The van der Waals surface area contributed by atoms with E-state index in [1.165, 1.54) is 11.3 Å². The van der Waals surface area contributed by atoms with E-state index in [0.717, 1.165) is 22.6 Å². The van der Waals surface area contributed by atoms with Crippen LogP contribution >= 0.6 is 23.7 Å². The number of aryl methyl sites for hydroxylation is 1. The zero-order valence-electron chi connectivity index (χ0n) is 14.3. The third-order valence-corrected chi connectivity index (χ3v) is 4.19. The van der Waals surface area contributed by atoms with Gasteiger partial charge >= 0.3 is 0 Å². The van der Waals surface area contributed by atoms with Gasteiger partial charge in [-0.25, -0.2) is 4.98 Å². The number of rotatable bonds is 6. The van der Waals surface area contributed by atoms with Gasteiger partial charge in [0.2, 0.25) is 5.91 Å². The molecule has 1 aromatic carbocycles. The number of carbonyl (C=O) groups excluding carboxylic acids is 1. The van der Waals surface area contributed by atoms with Crippen LogP contribution in [-0.4, -0.2) is 24.0 Å². The molecule has 2 rings (SSSR count). The second kappa shape index (κ2) is 9.01. The molecule has 24 heavy (non-hydrogen) atoms. The van der Waals surface area contributed by atoms with Gasteiger partial charge in [0.05, 0.1) is 18.8 Å². The smallest absolute Gasteiger partial charge is 0.243 e. The van der Waals surface area contributed by atoms with Crippen molar-refractivity contribution in [2.24, 2.45) is 11.7 Å². The summed E-state index contributed by atoms with van der Waals surface area (Å²) in [6.45, 7) is 6.10. The van der Waals surface area contributed by atoms with Crippen LogP contribution in [0.4, 0.5) is 5.13 Å². The highest BCUT2D eigenvalue weighted by atomic mass is 35.5. The topological polar surface area (TPSA) is 77.2 Å². The first-order chi connectivity index (χ1) is 10.9. The molecule has 3 N–H and O–H groups in total. The van der Waals surface area contributed by atoms with Crippen molar-refractivity contribution in [3.05, 3.63) is 29.1 Å². The number of benzene rings is 1. The fraction of sp³-hybridized carbons (Fsp3) is 0.412. The summed E-state index contributed by atoms with van der Waals surface area (Å²) in [6.07, 6.45) is 0.649. The monoisotopic (exact) mass is 369 g/mol. The van der Waals surface area contributed by atoms with Crippen LogP contribution in [-0.2, 0) is 4.79 Å².